The summed E-state index contributed by atoms with van der Waals surface area (Å²) in [5.41, 5.74) is 3.49. The van der Waals surface area contributed by atoms with Crippen molar-refractivity contribution in [2.24, 2.45) is 4.99 Å². The summed E-state index contributed by atoms with van der Waals surface area (Å²) < 4.78 is 2.05. The molecule has 1 aliphatic rings. The number of fused-ring (bicyclic) bond motifs is 1. The van der Waals surface area contributed by atoms with Gasteiger partial charge in [-0.15, -0.1) is 34.2 Å². The SMILES string of the molecule is CN=C(NCCCc1nnc2ccccn12)NC1CCN(c2ccc(C)cc2)C1.I. The molecule has 1 fully saturated rings. The minimum atomic E-state index is 0. The van der Waals surface area contributed by atoms with E-state index in [1.165, 1.54) is 11.3 Å². The van der Waals surface area contributed by atoms with Crippen LogP contribution in [0.1, 0.15) is 24.2 Å². The maximum Gasteiger partial charge on any atom is 0.191 e. The van der Waals surface area contributed by atoms with Gasteiger partial charge < -0.3 is 15.5 Å². The molecule has 1 unspecified atom stereocenters. The molecular weight excluding hydrogens is 489 g/mol. The first-order valence-electron chi connectivity index (χ1n) is 10.3. The van der Waals surface area contributed by atoms with E-state index in [2.05, 4.69) is 61.9 Å². The van der Waals surface area contributed by atoms with Gasteiger partial charge in [-0.05, 0) is 44.0 Å². The van der Waals surface area contributed by atoms with E-state index >= 15 is 0 Å². The monoisotopic (exact) mass is 519 g/mol. The maximum atomic E-state index is 4.39. The van der Waals surface area contributed by atoms with Gasteiger partial charge in [0.15, 0.2) is 11.6 Å². The van der Waals surface area contributed by atoms with Gasteiger partial charge in [0.05, 0.1) is 0 Å². The van der Waals surface area contributed by atoms with Crippen LogP contribution >= 0.6 is 24.0 Å². The van der Waals surface area contributed by atoms with Crippen LogP contribution in [0.3, 0.4) is 0 Å². The molecule has 30 heavy (non-hydrogen) atoms. The number of hydrogen-bond acceptors (Lipinski definition) is 4. The standard InChI is InChI=1S/C22H29N7.HI/c1-17-8-10-19(11-9-17)28-15-12-18(16-28)25-22(23-2)24-13-5-7-21-27-26-20-6-3-4-14-29(20)21;/h3-4,6,8-11,14,18H,5,7,12-13,15-16H2,1-2H3,(H2,23,24,25);1H. The topological polar surface area (TPSA) is 69.8 Å². The zero-order chi connectivity index (χ0) is 20.1. The fourth-order valence-electron chi connectivity index (χ4n) is 3.77. The fourth-order valence-corrected chi connectivity index (χ4v) is 3.77. The van der Waals surface area contributed by atoms with E-state index in [1.807, 2.05) is 35.8 Å². The molecule has 7 nitrogen and oxygen atoms in total. The molecule has 0 radical (unpaired) electrons. The fraction of sp³-hybridized carbons (Fsp3) is 0.409. The Labute approximate surface area is 195 Å². The predicted molar refractivity (Wildman–Crippen MR) is 133 cm³/mol. The number of aromatic nitrogens is 3. The van der Waals surface area contributed by atoms with Crippen molar-refractivity contribution in [2.75, 3.05) is 31.6 Å². The molecule has 160 valence electrons. The van der Waals surface area contributed by atoms with Crippen LogP contribution in [0.25, 0.3) is 5.65 Å². The van der Waals surface area contributed by atoms with Crippen LogP contribution in [0.2, 0.25) is 0 Å². The average molecular weight is 519 g/mol. The van der Waals surface area contributed by atoms with E-state index in [4.69, 9.17) is 0 Å². The number of pyridine rings is 1. The van der Waals surface area contributed by atoms with Gasteiger partial charge in [0, 0.05) is 51.0 Å². The number of nitrogens with zero attached hydrogens (tertiary/aromatic N) is 5. The number of guanidine groups is 1. The van der Waals surface area contributed by atoms with Gasteiger partial charge in [0.2, 0.25) is 0 Å². The summed E-state index contributed by atoms with van der Waals surface area (Å²) in [6, 6.07) is 15.1. The molecule has 1 aromatic carbocycles. The molecule has 0 bridgehead atoms. The second-order valence-electron chi connectivity index (χ2n) is 7.56. The highest BCUT2D eigenvalue weighted by Gasteiger charge is 2.23. The lowest BCUT2D eigenvalue weighted by atomic mass is 10.2. The Kier molecular flexibility index (Phi) is 7.89. The third-order valence-corrected chi connectivity index (χ3v) is 5.41. The van der Waals surface area contributed by atoms with E-state index in [0.29, 0.717) is 6.04 Å². The van der Waals surface area contributed by atoms with Gasteiger partial charge in [0.1, 0.15) is 5.82 Å². The van der Waals surface area contributed by atoms with Crippen molar-refractivity contribution in [3.05, 3.63) is 60.0 Å². The van der Waals surface area contributed by atoms with Crippen LogP contribution in [0, 0.1) is 6.92 Å². The van der Waals surface area contributed by atoms with Crippen LogP contribution < -0.4 is 15.5 Å². The third-order valence-electron chi connectivity index (χ3n) is 5.41. The quantitative estimate of drug-likeness (QED) is 0.227. The molecule has 0 amide bonds. The molecule has 0 aliphatic carbocycles. The first-order chi connectivity index (χ1) is 14.2. The highest BCUT2D eigenvalue weighted by molar-refractivity contribution is 14.0. The Balaban J connectivity index is 0.00000256. The molecule has 2 N–H and O–H groups in total. The Morgan fingerprint density at radius 3 is 2.80 bits per heavy atom. The molecule has 2 aromatic heterocycles. The van der Waals surface area contributed by atoms with E-state index in [9.17, 15) is 0 Å². The molecule has 0 spiro atoms. The maximum absolute atomic E-state index is 4.39. The number of aryl methyl sites for hydroxylation is 2. The van der Waals surface area contributed by atoms with Crippen molar-refractivity contribution in [3.63, 3.8) is 0 Å². The molecule has 4 rings (SSSR count). The van der Waals surface area contributed by atoms with E-state index in [-0.39, 0.29) is 24.0 Å². The minimum Gasteiger partial charge on any atom is -0.369 e. The zero-order valence-corrected chi connectivity index (χ0v) is 19.9. The number of halogens is 1. The van der Waals surface area contributed by atoms with E-state index < -0.39 is 0 Å². The first-order valence-corrected chi connectivity index (χ1v) is 10.3. The lowest BCUT2D eigenvalue weighted by Crippen LogP contribution is -2.44. The summed E-state index contributed by atoms with van der Waals surface area (Å²) >= 11 is 0. The second-order valence-corrected chi connectivity index (χ2v) is 7.56. The van der Waals surface area contributed by atoms with Gasteiger partial charge in [-0.3, -0.25) is 9.39 Å². The van der Waals surface area contributed by atoms with Gasteiger partial charge in [-0.25, -0.2) is 0 Å². The second kappa shape index (κ2) is 10.6. The molecule has 0 saturated carbocycles. The van der Waals surface area contributed by atoms with Gasteiger partial charge in [0.25, 0.3) is 0 Å². The van der Waals surface area contributed by atoms with Crippen molar-refractivity contribution in [2.45, 2.75) is 32.2 Å². The van der Waals surface area contributed by atoms with E-state index in [1.54, 1.807) is 0 Å². The molecule has 3 aromatic rings. The van der Waals surface area contributed by atoms with E-state index in [0.717, 1.165) is 56.3 Å². The number of hydrogen-bond donors (Lipinski definition) is 2. The Hall–Kier alpha value is -2.36. The van der Waals surface area contributed by atoms with Crippen molar-refractivity contribution in [1.82, 2.24) is 25.2 Å². The van der Waals surface area contributed by atoms with Crippen LogP contribution in [0.15, 0.2) is 53.7 Å². The summed E-state index contributed by atoms with van der Waals surface area (Å²) in [6.07, 6.45) is 4.97. The summed E-state index contributed by atoms with van der Waals surface area (Å²) in [6.45, 7) is 5.03. The summed E-state index contributed by atoms with van der Waals surface area (Å²) in [5, 5.41) is 15.5. The van der Waals surface area contributed by atoms with Crippen LogP contribution in [-0.2, 0) is 6.42 Å². The third kappa shape index (κ3) is 5.41. The Morgan fingerprint density at radius 1 is 1.17 bits per heavy atom. The van der Waals surface area contributed by atoms with Crippen molar-refractivity contribution in [3.8, 4) is 0 Å². The molecule has 3 heterocycles. The van der Waals surface area contributed by atoms with Crippen molar-refractivity contribution >= 4 is 41.3 Å². The molecule has 8 heteroatoms. The van der Waals surface area contributed by atoms with Gasteiger partial charge in [-0.2, -0.15) is 0 Å². The van der Waals surface area contributed by atoms with Crippen molar-refractivity contribution in [1.29, 1.82) is 0 Å². The first kappa shape index (κ1) is 22.3. The normalized spacial score (nSPS) is 16.5. The Morgan fingerprint density at radius 2 is 2.00 bits per heavy atom. The van der Waals surface area contributed by atoms with Crippen LogP contribution in [0.5, 0.6) is 0 Å². The van der Waals surface area contributed by atoms with Crippen LogP contribution in [-0.4, -0.2) is 53.3 Å². The molecular formula is C22H30IN7. The largest absolute Gasteiger partial charge is 0.369 e. The van der Waals surface area contributed by atoms with Crippen molar-refractivity contribution < 1.29 is 0 Å². The summed E-state index contributed by atoms with van der Waals surface area (Å²) in [4.78, 5) is 6.82. The molecule has 1 saturated heterocycles. The lowest BCUT2D eigenvalue weighted by molar-refractivity contribution is 0.640. The number of anilines is 1. The number of nitrogens with one attached hydrogen (secondary N) is 2. The van der Waals surface area contributed by atoms with Crippen LogP contribution in [0.4, 0.5) is 5.69 Å². The highest BCUT2D eigenvalue weighted by atomic mass is 127. The molecule has 1 atom stereocenters. The van der Waals surface area contributed by atoms with Gasteiger partial charge >= 0.3 is 0 Å². The Bertz CT molecular complexity index is 967. The number of rotatable bonds is 6. The average Bonchev–Trinajstić information content (AvgIpc) is 3.38. The zero-order valence-electron chi connectivity index (χ0n) is 17.6. The number of aliphatic imine (C=N–C) groups is 1. The summed E-state index contributed by atoms with van der Waals surface area (Å²) in [7, 11) is 1.83. The predicted octanol–water partition coefficient (Wildman–Crippen LogP) is 3.03. The summed E-state index contributed by atoms with van der Waals surface area (Å²) in [5.74, 6) is 1.86. The highest BCUT2D eigenvalue weighted by Crippen LogP contribution is 2.20. The number of benzene rings is 1. The minimum absolute atomic E-state index is 0. The lowest BCUT2D eigenvalue weighted by Gasteiger charge is -2.20. The van der Waals surface area contributed by atoms with Gasteiger partial charge in [-0.1, -0.05) is 23.8 Å². The molecule has 1 aliphatic heterocycles. The smallest absolute Gasteiger partial charge is 0.191 e.